The van der Waals surface area contributed by atoms with E-state index in [1.807, 2.05) is 0 Å². The molecule has 3 N–H and O–H groups in total. The van der Waals surface area contributed by atoms with Crippen molar-refractivity contribution in [1.29, 1.82) is 0 Å². The molecule has 0 aromatic carbocycles. The van der Waals surface area contributed by atoms with Gasteiger partial charge in [0.1, 0.15) is 5.75 Å². The molecule has 1 amide bonds. The summed E-state index contributed by atoms with van der Waals surface area (Å²) in [6.45, 7) is 3.17. The lowest BCUT2D eigenvalue weighted by atomic mass is 10.0. The molecule has 0 spiro atoms. The van der Waals surface area contributed by atoms with Crippen molar-refractivity contribution in [2.75, 3.05) is 0 Å². The second-order valence-corrected chi connectivity index (χ2v) is 4.45. The molecule has 0 aliphatic heterocycles. The minimum atomic E-state index is -0.920. The van der Waals surface area contributed by atoms with E-state index in [-0.39, 0.29) is 24.1 Å². The van der Waals surface area contributed by atoms with Crippen LogP contribution >= 0.6 is 0 Å². The first kappa shape index (κ1) is 14.9. The highest BCUT2D eigenvalue weighted by molar-refractivity contribution is 5.73. The smallest absolute Gasteiger partial charge is 0.303 e. The predicted octanol–water partition coefficient (Wildman–Crippen LogP) is 1.01. The number of pyridine rings is 1. The zero-order valence-electron chi connectivity index (χ0n) is 11.0. The Labute approximate surface area is 111 Å². The van der Waals surface area contributed by atoms with Gasteiger partial charge >= 0.3 is 5.97 Å². The molecular formula is C13H18N2O4. The molecule has 1 atom stereocenters. The Morgan fingerprint density at radius 2 is 2.11 bits per heavy atom. The lowest BCUT2D eigenvalue weighted by Gasteiger charge is -2.17. The Morgan fingerprint density at radius 3 is 2.68 bits per heavy atom. The van der Waals surface area contributed by atoms with E-state index >= 15 is 0 Å². The minimum Gasteiger partial charge on any atom is -0.506 e. The van der Waals surface area contributed by atoms with Crippen LogP contribution in [0.5, 0.6) is 5.75 Å². The second kappa shape index (κ2) is 6.72. The van der Waals surface area contributed by atoms with Crippen molar-refractivity contribution in [3.63, 3.8) is 0 Å². The third-order valence-corrected chi connectivity index (χ3v) is 2.64. The van der Waals surface area contributed by atoms with Gasteiger partial charge in [-0.15, -0.1) is 0 Å². The van der Waals surface area contributed by atoms with E-state index in [2.05, 4.69) is 10.3 Å². The lowest BCUT2D eigenvalue weighted by Crippen LogP contribution is -2.35. The fourth-order valence-corrected chi connectivity index (χ4v) is 1.80. The molecule has 19 heavy (non-hydrogen) atoms. The molecule has 0 aliphatic carbocycles. The summed E-state index contributed by atoms with van der Waals surface area (Å²) in [7, 11) is 0. The Kier molecular flexibility index (Phi) is 5.29. The molecular weight excluding hydrogens is 248 g/mol. The number of aryl methyl sites for hydroxylation is 1. The molecule has 1 aromatic rings. The van der Waals surface area contributed by atoms with E-state index in [0.717, 1.165) is 5.69 Å². The number of nitrogens with zero attached hydrogens (tertiary/aromatic N) is 1. The number of aromatic nitrogens is 1. The zero-order valence-corrected chi connectivity index (χ0v) is 11.0. The van der Waals surface area contributed by atoms with Crippen molar-refractivity contribution < 1.29 is 19.8 Å². The summed E-state index contributed by atoms with van der Waals surface area (Å²) in [5.74, 6) is -1.10. The van der Waals surface area contributed by atoms with Crippen LogP contribution in [0.25, 0.3) is 0 Å². The van der Waals surface area contributed by atoms with Gasteiger partial charge in [-0.3, -0.25) is 14.6 Å². The maximum atomic E-state index is 11.1. The number of amides is 1. The minimum absolute atomic E-state index is 0.0441. The molecule has 0 aliphatic rings. The van der Waals surface area contributed by atoms with Gasteiger partial charge in [0.25, 0.3) is 0 Å². The van der Waals surface area contributed by atoms with Crippen molar-refractivity contribution >= 4 is 11.9 Å². The SMILES string of the molecule is CC(=O)NC(CCC(=O)O)Cc1nc(C)ccc1O. The van der Waals surface area contributed by atoms with Crippen LogP contribution in [0.4, 0.5) is 0 Å². The first-order valence-electron chi connectivity index (χ1n) is 6.03. The first-order valence-corrected chi connectivity index (χ1v) is 6.03. The Balaban J connectivity index is 2.77. The number of carbonyl (C=O) groups is 2. The van der Waals surface area contributed by atoms with E-state index in [9.17, 15) is 14.7 Å². The van der Waals surface area contributed by atoms with Crippen LogP contribution in [0.1, 0.15) is 31.2 Å². The zero-order chi connectivity index (χ0) is 14.4. The van der Waals surface area contributed by atoms with Crippen LogP contribution < -0.4 is 5.32 Å². The highest BCUT2D eigenvalue weighted by Gasteiger charge is 2.16. The molecule has 0 bridgehead atoms. The number of carbonyl (C=O) groups excluding carboxylic acids is 1. The normalized spacial score (nSPS) is 11.9. The molecule has 0 fully saturated rings. The van der Waals surface area contributed by atoms with Crippen LogP contribution in [0, 0.1) is 6.92 Å². The second-order valence-electron chi connectivity index (χ2n) is 4.45. The van der Waals surface area contributed by atoms with Gasteiger partial charge in [0.2, 0.25) is 5.91 Å². The molecule has 1 unspecified atom stereocenters. The summed E-state index contributed by atoms with van der Waals surface area (Å²) in [5.41, 5.74) is 1.22. The van der Waals surface area contributed by atoms with Crippen LogP contribution in [-0.4, -0.2) is 33.1 Å². The largest absolute Gasteiger partial charge is 0.506 e. The summed E-state index contributed by atoms with van der Waals surface area (Å²) in [5, 5.41) is 21.1. The first-order chi connectivity index (χ1) is 8.88. The molecule has 1 aromatic heterocycles. The number of carboxylic acid groups (broad SMARTS) is 1. The molecule has 0 saturated heterocycles. The van der Waals surface area contributed by atoms with Gasteiger partial charge in [-0.25, -0.2) is 0 Å². The number of hydrogen-bond acceptors (Lipinski definition) is 4. The lowest BCUT2D eigenvalue weighted by molar-refractivity contribution is -0.137. The standard InChI is InChI=1S/C13H18N2O4/c1-8-3-5-12(17)11(14-8)7-10(15-9(2)16)4-6-13(18)19/h3,5,10,17H,4,6-7H2,1-2H3,(H,15,16)(H,18,19). The van der Waals surface area contributed by atoms with Gasteiger partial charge in [-0.05, 0) is 25.5 Å². The van der Waals surface area contributed by atoms with E-state index < -0.39 is 5.97 Å². The van der Waals surface area contributed by atoms with Gasteiger partial charge in [0.05, 0.1) is 5.69 Å². The number of hydrogen-bond donors (Lipinski definition) is 3. The summed E-state index contributed by atoms with van der Waals surface area (Å²) < 4.78 is 0. The van der Waals surface area contributed by atoms with Crippen molar-refractivity contribution in [3.8, 4) is 5.75 Å². The van der Waals surface area contributed by atoms with Crippen molar-refractivity contribution in [2.24, 2.45) is 0 Å². The molecule has 104 valence electrons. The maximum Gasteiger partial charge on any atom is 0.303 e. The van der Waals surface area contributed by atoms with E-state index in [1.54, 1.807) is 19.1 Å². The number of rotatable bonds is 6. The number of aromatic hydroxyl groups is 1. The van der Waals surface area contributed by atoms with Crippen LogP contribution in [-0.2, 0) is 16.0 Å². The van der Waals surface area contributed by atoms with E-state index in [0.29, 0.717) is 18.5 Å². The van der Waals surface area contributed by atoms with Crippen LogP contribution in [0.2, 0.25) is 0 Å². The topological polar surface area (TPSA) is 99.5 Å². The van der Waals surface area contributed by atoms with Crippen LogP contribution in [0.15, 0.2) is 12.1 Å². The number of carboxylic acids is 1. The molecule has 0 saturated carbocycles. The maximum absolute atomic E-state index is 11.1. The predicted molar refractivity (Wildman–Crippen MR) is 68.8 cm³/mol. The van der Waals surface area contributed by atoms with Crippen molar-refractivity contribution in [2.45, 2.75) is 39.2 Å². The highest BCUT2D eigenvalue weighted by atomic mass is 16.4. The Bertz CT molecular complexity index is 474. The third kappa shape index (κ3) is 5.37. The van der Waals surface area contributed by atoms with E-state index in [1.165, 1.54) is 6.92 Å². The van der Waals surface area contributed by atoms with Gasteiger partial charge in [0, 0.05) is 31.5 Å². The fourth-order valence-electron chi connectivity index (χ4n) is 1.80. The van der Waals surface area contributed by atoms with E-state index in [4.69, 9.17) is 5.11 Å². The molecule has 6 nitrogen and oxygen atoms in total. The monoisotopic (exact) mass is 266 g/mol. The molecule has 6 heteroatoms. The van der Waals surface area contributed by atoms with Crippen LogP contribution in [0.3, 0.4) is 0 Å². The molecule has 0 radical (unpaired) electrons. The van der Waals surface area contributed by atoms with Crippen molar-refractivity contribution in [3.05, 3.63) is 23.5 Å². The van der Waals surface area contributed by atoms with Gasteiger partial charge in [-0.2, -0.15) is 0 Å². The van der Waals surface area contributed by atoms with Gasteiger partial charge in [0.15, 0.2) is 0 Å². The number of aliphatic carboxylic acids is 1. The number of nitrogens with one attached hydrogen (secondary N) is 1. The summed E-state index contributed by atoms with van der Waals surface area (Å²) in [6.07, 6.45) is 0.557. The fraction of sp³-hybridized carbons (Fsp3) is 0.462. The Hall–Kier alpha value is -2.11. The quantitative estimate of drug-likeness (QED) is 0.713. The summed E-state index contributed by atoms with van der Waals surface area (Å²) in [6, 6.07) is 2.87. The molecule has 1 heterocycles. The summed E-state index contributed by atoms with van der Waals surface area (Å²) >= 11 is 0. The molecule has 1 rings (SSSR count). The van der Waals surface area contributed by atoms with Gasteiger partial charge < -0.3 is 15.5 Å². The average molecular weight is 266 g/mol. The highest BCUT2D eigenvalue weighted by Crippen LogP contribution is 2.17. The summed E-state index contributed by atoms with van der Waals surface area (Å²) in [4.78, 5) is 25.9. The Morgan fingerprint density at radius 1 is 1.42 bits per heavy atom. The average Bonchev–Trinajstić information content (AvgIpc) is 2.30. The third-order valence-electron chi connectivity index (χ3n) is 2.64. The van der Waals surface area contributed by atoms with Crippen molar-refractivity contribution in [1.82, 2.24) is 10.3 Å². The van der Waals surface area contributed by atoms with Gasteiger partial charge in [-0.1, -0.05) is 0 Å².